The Morgan fingerprint density at radius 3 is 2.89 bits per heavy atom. The molecule has 35 heavy (non-hydrogen) atoms. The van der Waals surface area contributed by atoms with E-state index < -0.39 is 29.9 Å². The third-order valence-electron chi connectivity index (χ3n) is 5.09. The molecule has 1 aromatic carbocycles. The molecule has 1 fully saturated rings. The number of hydrogen-bond acceptors (Lipinski definition) is 10. The van der Waals surface area contributed by atoms with Gasteiger partial charge in [0.1, 0.15) is 5.03 Å². The number of ether oxygens (including phenoxy) is 2. The number of nitrogens with zero attached hydrogens (tertiary/aromatic N) is 4. The second kappa shape index (κ2) is 10.5. The Morgan fingerprint density at radius 2 is 2.17 bits per heavy atom. The van der Waals surface area contributed by atoms with Crippen LogP contribution in [0.1, 0.15) is 18.1 Å². The number of hydrazine groups is 2. The zero-order chi connectivity index (χ0) is 25.0. The minimum Gasteiger partial charge on any atom is -0.403 e. The Hall–Kier alpha value is -3.30. The van der Waals surface area contributed by atoms with Crippen LogP contribution in [0.4, 0.5) is 23.4 Å². The molecule has 188 valence electrons. The van der Waals surface area contributed by atoms with Crippen molar-refractivity contribution in [1.82, 2.24) is 30.9 Å². The third kappa shape index (κ3) is 6.43. The second-order valence-electron chi connectivity index (χ2n) is 7.51. The van der Waals surface area contributed by atoms with Crippen molar-refractivity contribution in [3.63, 3.8) is 0 Å². The lowest BCUT2D eigenvalue weighted by Gasteiger charge is -2.22. The minimum absolute atomic E-state index is 0.0174. The first-order valence-corrected chi connectivity index (χ1v) is 11.1. The highest BCUT2D eigenvalue weighted by Gasteiger charge is 2.34. The molecule has 15 heteroatoms. The molecular weight excluding hydrogens is 494 g/mol. The summed E-state index contributed by atoms with van der Waals surface area (Å²) in [6, 6.07) is 6.55. The summed E-state index contributed by atoms with van der Waals surface area (Å²) in [4.78, 5) is 14.8. The van der Waals surface area contributed by atoms with Crippen LogP contribution < -0.4 is 25.8 Å². The van der Waals surface area contributed by atoms with E-state index in [9.17, 15) is 22.4 Å². The van der Waals surface area contributed by atoms with Gasteiger partial charge in [-0.05, 0) is 36.2 Å². The summed E-state index contributed by atoms with van der Waals surface area (Å²) in [7, 11) is 1.20. The van der Waals surface area contributed by atoms with Crippen LogP contribution in [0.3, 0.4) is 0 Å². The molecule has 2 aliphatic heterocycles. The number of nitrogens with one attached hydrogen (secondary N) is 3. The highest BCUT2D eigenvalue weighted by atomic mass is 32.2. The zero-order valence-corrected chi connectivity index (χ0v) is 19.1. The Kier molecular flexibility index (Phi) is 7.47. The van der Waals surface area contributed by atoms with E-state index in [1.165, 1.54) is 11.6 Å². The number of amides is 1. The van der Waals surface area contributed by atoms with Gasteiger partial charge in [0.15, 0.2) is 23.5 Å². The number of carbonyl (C=O) groups excluding carboxylic acids is 1. The van der Waals surface area contributed by atoms with Crippen LogP contribution in [-0.4, -0.2) is 53.2 Å². The Morgan fingerprint density at radius 1 is 1.34 bits per heavy atom. The minimum atomic E-state index is -5.08. The number of hydrogen-bond donors (Lipinski definition) is 3. The van der Waals surface area contributed by atoms with Gasteiger partial charge >= 0.3 is 6.36 Å². The summed E-state index contributed by atoms with van der Waals surface area (Å²) in [5, 5.41) is 12.1. The molecule has 3 N–H and O–H groups in total. The normalized spacial score (nSPS) is 19.2. The van der Waals surface area contributed by atoms with Crippen LogP contribution in [0.25, 0.3) is 0 Å². The fourth-order valence-electron chi connectivity index (χ4n) is 3.58. The largest absolute Gasteiger partial charge is 0.573 e. The fraction of sp³-hybridized carbons (Fsp3) is 0.350. The third-order valence-corrected chi connectivity index (χ3v) is 5.90. The van der Waals surface area contributed by atoms with Gasteiger partial charge in [-0.1, -0.05) is 10.6 Å². The molecule has 0 radical (unpaired) electrons. The van der Waals surface area contributed by atoms with Crippen LogP contribution in [-0.2, 0) is 9.53 Å². The smallest absolute Gasteiger partial charge is 0.403 e. The van der Waals surface area contributed by atoms with Crippen molar-refractivity contribution in [3.05, 3.63) is 59.1 Å². The monoisotopic (exact) mass is 515 g/mol. The summed E-state index contributed by atoms with van der Waals surface area (Å²) in [6.45, 7) is 1.54. The highest BCUT2D eigenvalue weighted by Crippen LogP contribution is 2.30. The van der Waals surface area contributed by atoms with Crippen molar-refractivity contribution in [1.29, 1.82) is 0 Å². The maximum Gasteiger partial charge on any atom is 0.573 e. The molecular formula is C20H21F4N7O3S. The Balaban J connectivity index is 1.30. The van der Waals surface area contributed by atoms with Crippen LogP contribution in [0.15, 0.2) is 47.8 Å². The lowest BCUT2D eigenvalue weighted by Crippen LogP contribution is -2.44. The number of aromatic nitrogens is 2. The van der Waals surface area contributed by atoms with Gasteiger partial charge in [-0.25, -0.2) is 4.39 Å². The zero-order valence-electron chi connectivity index (χ0n) is 18.3. The quantitative estimate of drug-likeness (QED) is 0.359. The van der Waals surface area contributed by atoms with Gasteiger partial charge in [0.2, 0.25) is 0 Å². The molecule has 0 bridgehead atoms. The number of anilines is 1. The van der Waals surface area contributed by atoms with Crippen LogP contribution in [0.2, 0.25) is 0 Å². The number of benzene rings is 1. The maximum atomic E-state index is 13.7. The lowest BCUT2D eigenvalue weighted by atomic mass is 10.1. The molecule has 2 atom stereocenters. The number of alkyl halides is 3. The molecule has 1 aromatic heterocycles. The second-order valence-corrected chi connectivity index (χ2v) is 8.50. The summed E-state index contributed by atoms with van der Waals surface area (Å²) in [6.07, 6.45) is -2.26. The van der Waals surface area contributed by atoms with Gasteiger partial charge in [-0.15, -0.1) is 18.3 Å². The topological polar surface area (TPSA) is 104 Å². The van der Waals surface area contributed by atoms with E-state index >= 15 is 0 Å². The Bertz CT molecular complexity index is 1080. The van der Waals surface area contributed by atoms with E-state index in [4.69, 9.17) is 4.74 Å². The predicted molar refractivity (Wildman–Crippen MR) is 117 cm³/mol. The SMILES string of the molecule is CO[C@H](C(=O)NN1NC=C(N[C@@H]2CCN(c3cccnn3)C2)S1)c1ccc(F)c(OC(F)(F)F)c1. The predicted octanol–water partition coefficient (Wildman–Crippen LogP) is 2.37. The first-order chi connectivity index (χ1) is 16.7. The van der Waals surface area contributed by atoms with Crippen LogP contribution >= 0.6 is 11.9 Å². The van der Waals surface area contributed by atoms with Gasteiger partial charge in [-0.3, -0.25) is 15.6 Å². The van der Waals surface area contributed by atoms with E-state index in [2.05, 4.69) is 36.0 Å². The summed E-state index contributed by atoms with van der Waals surface area (Å²) < 4.78 is 61.4. The molecule has 0 saturated carbocycles. The average molecular weight is 515 g/mol. The number of rotatable bonds is 8. The van der Waals surface area contributed by atoms with Crippen molar-refractivity contribution in [3.8, 4) is 5.75 Å². The van der Waals surface area contributed by atoms with Gasteiger partial charge in [0, 0.05) is 50.6 Å². The van der Waals surface area contributed by atoms with E-state index in [1.54, 1.807) is 12.4 Å². The van der Waals surface area contributed by atoms with Crippen LogP contribution in [0.5, 0.6) is 5.75 Å². The first kappa shape index (κ1) is 24.8. The van der Waals surface area contributed by atoms with Crippen molar-refractivity contribution in [2.45, 2.75) is 24.9 Å². The summed E-state index contributed by atoms with van der Waals surface area (Å²) in [5.41, 5.74) is 5.38. The Labute approximate surface area is 201 Å². The molecule has 0 aliphatic carbocycles. The number of methoxy groups -OCH3 is 1. The van der Waals surface area contributed by atoms with Gasteiger partial charge in [-0.2, -0.15) is 5.10 Å². The molecule has 2 aromatic rings. The van der Waals surface area contributed by atoms with Gasteiger partial charge in [0.25, 0.3) is 5.91 Å². The molecule has 3 heterocycles. The standard InChI is InChI=1S/C20H21F4N7O3S/c1-33-18(12-4-5-14(21)15(9-12)34-20(22,23)24)19(32)29-31-26-10-17(35-31)27-13-6-8-30(11-13)16-3-2-7-25-28-16/h2-5,7,9-10,13,18,26-27H,6,8,11H2,1H3,(H,29,32)/t13-,18+/m1/s1. The van der Waals surface area contributed by atoms with E-state index in [1.807, 2.05) is 12.1 Å². The molecule has 1 amide bonds. The summed E-state index contributed by atoms with van der Waals surface area (Å²) >= 11 is 1.16. The molecule has 10 nitrogen and oxygen atoms in total. The average Bonchev–Trinajstić information content (AvgIpc) is 3.46. The van der Waals surface area contributed by atoms with E-state index in [0.29, 0.717) is 0 Å². The molecule has 0 spiro atoms. The summed E-state index contributed by atoms with van der Waals surface area (Å²) in [5.74, 6) is -2.17. The number of halogens is 4. The maximum absolute atomic E-state index is 13.7. The van der Waals surface area contributed by atoms with E-state index in [-0.39, 0.29) is 11.6 Å². The van der Waals surface area contributed by atoms with Crippen molar-refractivity contribution in [2.75, 3.05) is 25.1 Å². The first-order valence-electron chi connectivity index (χ1n) is 10.3. The number of carbonyl (C=O) groups is 1. The van der Waals surface area contributed by atoms with Crippen molar-refractivity contribution in [2.24, 2.45) is 0 Å². The molecule has 1 saturated heterocycles. The van der Waals surface area contributed by atoms with Crippen molar-refractivity contribution >= 4 is 23.7 Å². The van der Waals surface area contributed by atoms with Crippen molar-refractivity contribution < 1.29 is 31.8 Å². The van der Waals surface area contributed by atoms with Gasteiger partial charge < -0.3 is 19.7 Å². The molecule has 2 aliphatic rings. The van der Waals surface area contributed by atoms with Gasteiger partial charge in [0.05, 0.1) is 0 Å². The molecule has 0 unspecified atom stereocenters. The lowest BCUT2D eigenvalue weighted by molar-refractivity contribution is -0.275. The van der Waals surface area contributed by atoms with Crippen LogP contribution in [0, 0.1) is 5.82 Å². The fourth-order valence-corrected chi connectivity index (χ4v) is 4.34. The molecule has 4 rings (SSSR count). The van der Waals surface area contributed by atoms with E-state index in [0.717, 1.165) is 60.5 Å². The highest BCUT2D eigenvalue weighted by molar-refractivity contribution is 8.00.